The predicted octanol–water partition coefficient (Wildman–Crippen LogP) is 0.125. The van der Waals surface area contributed by atoms with Crippen LogP contribution < -0.4 is 0 Å². The SMILES string of the molecule is C=C(C(=O)O)C(C)OP(=O)(O)O. The van der Waals surface area contributed by atoms with Crippen LogP contribution in [-0.4, -0.2) is 27.0 Å². The molecule has 0 aliphatic carbocycles. The first kappa shape index (κ1) is 11.3. The zero-order chi connectivity index (χ0) is 9.94. The van der Waals surface area contributed by atoms with Gasteiger partial charge in [-0.05, 0) is 6.92 Å². The highest BCUT2D eigenvalue weighted by atomic mass is 31.2. The molecule has 0 radical (unpaired) electrons. The fraction of sp³-hybridized carbons (Fsp3) is 0.400. The number of phosphoric ester groups is 1. The summed E-state index contributed by atoms with van der Waals surface area (Å²) >= 11 is 0. The molecule has 0 saturated heterocycles. The first-order valence-electron chi connectivity index (χ1n) is 2.90. The van der Waals surface area contributed by atoms with Gasteiger partial charge in [-0.3, -0.25) is 4.52 Å². The van der Waals surface area contributed by atoms with E-state index in [0.29, 0.717) is 0 Å². The molecule has 0 aromatic heterocycles. The van der Waals surface area contributed by atoms with Crippen molar-refractivity contribution in [3.8, 4) is 0 Å². The molecule has 0 spiro atoms. The normalized spacial score (nSPS) is 13.9. The maximum Gasteiger partial charge on any atom is 0.470 e. The molecule has 1 unspecified atom stereocenters. The van der Waals surface area contributed by atoms with Crippen LogP contribution in [0, 0.1) is 0 Å². The van der Waals surface area contributed by atoms with E-state index in [9.17, 15) is 9.36 Å². The summed E-state index contributed by atoms with van der Waals surface area (Å²) in [5.41, 5.74) is -0.404. The number of hydrogen-bond acceptors (Lipinski definition) is 3. The highest BCUT2D eigenvalue weighted by Crippen LogP contribution is 2.38. The molecule has 0 rings (SSSR count). The van der Waals surface area contributed by atoms with Gasteiger partial charge in [0.1, 0.15) is 0 Å². The topological polar surface area (TPSA) is 104 Å². The van der Waals surface area contributed by atoms with Gasteiger partial charge in [-0.15, -0.1) is 0 Å². The Balaban J connectivity index is 4.24. The molecule has 0 bridgehead atoms. The molecule has 70 valence electrons. The smallest absolute Gasteiger partial charge is 0.470 e. The summed E-state index contributed by atoms with van der Waals surface area (Å²) in [6, 6.07) is 0. The van der Waals surface area contributed by atoms with E-state index in [4.69, 9.17) is 14.9 Å². The van der Waals surface area contributed by atoms with E-state index in [0.717, 1.165) is 0 Å². The van der Waals surface area contributed by atoms with Crippen molar-refractivity contribution in [2.45, 2.75) is 13.0 Å². The van der Waals surface area contributed by atoms with Crippen LogP contribution in [0.5, 0.6) is 0 Å². The largest absolute Gasteiger partial charge is 0.478 e. The van der Waals surface area contributed by atoms with Gasteiger partial charge in [0.25, 0.3) is 0 Å². The Morgan fingerprint density at radius 1 is 1.58 bits per heavy atom. The predicted molar refractivity (Wildman–Crippen MR) is 39.4 cm³/mol. The number of carboxylic acids is 1. The quantitative estimate of drug-likeness (QED) is 0.436. The number of carboxylic acid groups (broad SMARTS) is 1. The molecular formula is C5H9O6P. The zero-order valence-electron chi connectivity index (χ0n) is 6.30. The standard InChI is InChI=1S/C5H9O6P/c1-3(5(6)7)4(2)11-12(8,9)10/h4H,1H2,2H3,(H,6,7)(H2,8,9,10). The minimum atomic E-state index is -4.64. The second-order valence-electron chi connectivity index (χ2n) is 2.07. The van der Waals surface area contributed by atoms with Gasteiger partial charge in [0.05, 0.1) is 11.7 Å². The van der Waals surface area contributed by atoms with Crippen molar-refractivity contribution < 1.29 is 28.8 Å². The van der Waals surface area contributed by atoms with Gasteiger partial charge >= 0.3 is 13.8 Å². The van der Waals surface area contributed by atoms with E-state index in [1.54, 1.807) is 0 Å². The van der Waals surface area contributed by atoms with Gasteiger partial charge < -0.3 is 14.9 Å². The Hall–Kier alpha value is -0.680. The molecule has 0 amide bonds. The van der Waals surface area contributed by atoms with Crippen LogP contribution in [0.25, 0.3) is 0 Å². The van der Waals surface area contributed by atoms with Crippen molar-refractivity contribution in [2.75, 3.05) is 0 Å². The van der Waals surface area contributed by atoms with Gasteiger partial charge in [0.15, 0.2) is 0 Å². The first-order chi connectivity index (χ1) is 5.24. The van der Waals surface area contributed by atoms with Crippen LogP contribution >= 0.6 is 7.82 Å². The summed E-state index contributed by atoms with van der Waals surface area (Å²) in [6.45, 7) is 4.26. The van der Waals surface area contributed by atoms with E-state index in [2.05, 4.69) is 11.1 Å². The Morgan fingerprint density at radius 3 is 2.25 bits per heavy atom. The maximum atomic E-state index is 10.2. The molecule has 3 N–H and O–H groups in total. The number of phosphoric acid groups is 1. The van der Waals surface area contributed by atoms with Crippen LogP contribution in [0.15, 0.2) is 12.2 Å². The van der Waals surface area contributed by atoms with Gasteiger partial charge in [0.2, 0.25) is 0 Å². The number of carbonyl (C=O) groups is 1. The molecule has 0 aliphatic heterocycles. The Labute approximate surface area is 68.7 Å². The molecule has 0 aromatic carbocycles. The average molecular weight is 196 g/mol. The van der Waals surface area contributed by atoms with Gasteiger partial charge in [-0.2, -0.15) is 0 Å². The Kier molecular flexibility index (Phi) is 3.60. The lowest BCUT2D eigenvalue weighted by Crippen LogP contribution is -2.15. The van der Waals surface area contributed by atoms with E-state index < -0.39 is 25.5 Å². The van der Waals surface area contributed by atoms with E-state index in [-0.39, 0.29) is 0 Å². The van der Waals surface area contributed by atoms with Gasteiger partial charge in [-0.25, -0.2) is 9.36 Å². The molecular weight excluding hydrogens is 187 g/mol. The molecule has 0 heterocycles. The van der Waals surface area contributed by atoms with Crippen molar-refractivity contribution in [3.63, 3.8) is 0 Å². The summed E-state index contributed by atoms with van der Waals surface area (Å²) in [6.07, 6.45) is -1.21. The fourth-order valence-corrected chi connectivity index (χ4v) is 0.983. The summed E-state index contributed by atoms with van der Waals surface area (Å²) in [5.74, 6) is -1.35. The highest BCUT2D eigenvalue weighted by Gasteiger charge is 2.23. The molecule has 0 aliphatic rings. The third-order valence-electron chi connectivity index (χ3n) is 1.06. The zero-order valence-corrected chi connectivity index (χ0v) is 7.19. The number of aliphatic carboxylic acids is 1. The maximum absolute atomic E-state index is 10.2. The third kappa shape index (κ3) is 4.25. The average Bonchev–Trinajstić information content (AvgIpc) is 1.82. The van der Waals surface area contributed by atoms with Crippen LogP contribution in [0.2, 0.25) is 0 Å². The fourth-order valence-electron chi connectivity index (χ4n) is 0.443. The summed E-state index contributed by atoms with van der Waals surface area (Å²) in [5, 5.41) is 8.32. The number of rotatable bonds is 4. The van der Waals surface area contributed by atoms with Crippen molar-refractivity contribution >= 4 is 13.8 Å². The Morgan fingerprint density at radius 2 is 2.00 bits per heavy atom. The molecule has 12 heavy (non-hydrogen) atoms. The minimum absolute atomic E-state index is 0.404. The second kappa shape index (κ2) is 3.82. The lowest BCUT2D eigenvalue weighted by atomic mass is 10.2. The first-order valence-corrected chi connectivity index (χ1v) is 4.43. The lowest BCUT2D eigenvalue weighted by molar-refractivity contribution is -0.133. The van der Waals surface area contributed by atoms with Crippen LogP contribution in [0.4, 0.5) is 0 Å². The minimum Gasteiger partial charge on any atom is -0.478 e. The third-order valence-corrected chi connectivity index (χ3v) is 1.65. The van der Waals surface area contributed by atoms with Crippen LogP contribution in [0.1, 0.15) is 6.92 Å². The monoisotopic (exact) mass is 196 g/mol. The summed E-state index contributed by atoms with van der Waals surface area (Å²) in [4.78, 5) is 26.7. The molecule has 1 atom stereocenters. The van der Waals surface area contributed by atoms with Crippen LogP contribution in [-0.2, 0) is 13.9 Å². The van der Waals surface area contributed by atoms with Crippen molar-refractivity contribution in [2.24, 2.45) is 0 Å². The van der Waals surface area contributed by atoms with E-state index >= 15 is 0 Å². The molecule has 7 heteroatoms. The highest BCUT2D eigenvalue weighted by molar-refractivity contribution is 7.46. The molecule has 6 nitrogen and oxygen atoms in total. The number of hydrogen-bond donors (Lipinski definition) is 3. The van der Waals surface area contributed by atoms with Crippen molar-refractivity contribution in [1.29, 1.82) is 0 Å². The Bertz CT molecular complexity index is 240. The van der Waals surface area contributed by atoms with E-state index in [1.807, 2.05) is 0 Å². The lowest BCUT2D eigenvalue weighted by Gasteiger charge is -2.12. The van der Waals surface area contributed by atoms with Gasteiger partial charge in [0, 0.05) is 0 Å². The molecule has 0 aromatic rings. The van der Waals surface area contributed by atoms with Crippen molar-refractivity contribution in [3.05, 3.63) is 12.2 Å². The van der Waals surface area contributed by atoms with Crippen molar-refractivity contribution in [1.82, 2.24) is 0 Å². The van der Waals surface area contributed by atoms with Crippen LogP contribution in [0.3, 0.4) is 0 Å². The molecule has 0 saturated carbocycles. The van der Waals surface area contributed by atoms with Gasteiger partial charge in [-0.1, -0.05) is 6.58 Å². The molecule has 0 fully saturated rings. The summed E-state index contributed by atoms with van der Waals surface area (Å²) < 4.78 is 14.3. The summed E-state index contributed by atoms with van der Waals surface area (Å²) in [7, 11) is -4.64. The van der Waals surface area contributed by atoms with E-state index in [1.165, 1.54) is 6.92 Å². The second-order valence-corrected chi connectivity index (χ2v) is 3.26.